The Labute approximate surface area is 131 Å². The first kappa shape index (κ1) is 13.8. The maximum absolute atomic E-state index is 13.1. The summed E-state index contributed by atoms with van der Waals surface area (Å²) in [4.78, 5) is 11.1. The summed E-state index contributed by atoms with van der Waals surface area (Å²) in [6.45, 7) is 0.393. The van der Waals surface area contributed by atoms with Crippen LogP contribution in [-0.2, 0) is 0 Å². The molecule has 23 heavy (non-hydrogen) atoms. The molecule has 2 aliphatic heterocycles. The Hall–Kier alpha value is -2.89. The molecule has 0 bridgehead atoms. The van der Waals surface area contributed by atoms with Gasteiger partial charge in [0.15, 0.2) is 0 Å². The SMILES string of the molecule is O=C(O)c1ccc2c(c1)OCC1C2=NNC1c1ccc(F)cc1. The van der Waals surface area contributed by atoms with E-state index >= 15 is 0 Å². The minimum absolute atomic E-state index is 0.00337. The summed E-state index contributed by atoms with van der Waals surface area (Å²) in [6, 6.07) is 11.0. The molecule has 0 radical (unpaired) electrons. The van der Waals surface area contributed by atoms with E-state index in [1.54, 1.807) is 24.3 Å². The minimum Gasteiger partial charge on any atom is -0.492 e. The molecule has 5 nitrogen and oxygen atoms in total. The van der Waals surface area contributed by atoms with Gasteiger partial charge in [0, 0.05) is 5.56 Å². The summed E-state index contributed by atoms with van der Waals surface area (Å²) in [6.07, 6.45) is 0. The van der Waals surface area contributed by atoms with Crippen LogP contribution in [0.3, 0.4) is 0 Å². The highest BCUT2D eigenvalue weighted by Gasteiger charge is 2.38. The average molecular weight is 312 g/mol. The summed E-state index contributed by atoms with van der Waals surface area (Å²) in [5.74, 6) is -0.737. The van der Waals surface area contributed by atoms with Gasteiger partial charge in [0.25, 0.3) is 0 Å². The van der Waals surface area contributed by atoms with Gasteiger partial charge in [-0.15, -0.1) is 0 Å². The number of hydrogen-bond acceptors (Lipinski definition) is 4. The van der Waals surface area contributed by atoms with Crippen molar-refractivity contribution in [3.8, 4) is 5.75 Å². The van der Waals surface area contributed by atoms with E-state index in [1.807, 2.05) is 0 Å². The van der Waals surface area contributed by atoms with Crippen molar-refractivity contribution < 1.29 is 19.0 Å². The lowest BCUT2D eigenvalue weighted by molar-refractivity contribution is 0.0696. The molecular formula is C17H13FN2O3. The Kier molecular flexibility index (Phi) is 3.04. The van der Waals surface area contributed by atoms with Gasteiger partial charge >= 0.3 is 5.97 Å². The number of hydrogen-bond donors (Lipinski definition) is 2. The smallest absolute Gasteiger partial charge is 0.335 e. The van der Waals surface area contributed by atoms with Crippen LogP contribution < -0.4 is 10.2 Å². The molecule has 2 unspecified atom stereocenters. The number of nitrogens with zero attached hydrogens (tertiary/aromatic N) is 1. The molecule has 2 aromatic carbocycles. The average Bonchev–Trinajstić information content (AvgIpc) is 2.99. The number of carboxylic acid groups (broad SMARTS) is 1. The standard InChI is InChI=1S/C17H13FN2O3/c18-11-4-1-9(2-5-11)15-13-8-23-14-7-10(17(21)22)3-6-12(14)16(13)20-19-15/h1-7,13,15,19H,8H2,(H,21,22). The van der Waals surface area contributed by atoms with Crippen molar-refractivity contribution in [2.24, 2.45) is 11.0 Å². The first-order chi connectivity index (χ1) is 11.1. The fourth-order valence-corrected chi connectivity index (χ4v) is 3.05. The van der Waals surface area contributed by atoms with Gasteiger partial charge in [0.1, 0.15) is 11.6 Å². The Morgan fingerprint density at radius 3 is 2.78 bits per heavy atom. The molecule has 2 heterocycles. The molecule has 0 aliphatic carbocycles. The van der Waals surface area contributed by atoms with Crippen LogP contribution in [0.25, 0.3) is 0 Å². The lowest BCUT2D eigenvalue weighted by atomic mass is 9.86. The lowest BCUT2D eigenvalue weighted by Gasteiger charge is -2.27. The predicted octanol–water partition coefficient (Wildman–Crippen LogP) is 2.58. The minimum atomic E-state index is -0.991. The topological polar surface area (TPSA) is 70.9 Å². The summed E-state index contributed by atoms with van der Waals surface area (Å²) in [5.41, 5.74) is 5.84. The van der Waals surface area contributed by atoms with E-state index in [-0.39, 0.29) is 23.3 Å². The number of halogens is 1. The molecule has 6 heteroatoms. The first-order valence-electron chi connectivity index (χ1n) is 7.22. The fourth-order valence-electron chi connectivity index (χ4n) is 3.05. The number of nitrogens with one attached hydrogen (secondary N) is 1. The van der Waals surface area contributed by atoms with Crippen molar-refractivity contribution in [2.45, 2.75) is 6.04 Å². The molecule has 0 saturated carbocycles. The van der Waals surface area contributed by atoms with E-state index in [1.165, 1.54) is 18.2 Å². The Morgan fingerprint density at radius 2 is 2.04 bits per heavy atom. The predicted molar refractivity (Wildman–Crippen MR) is 81.2 cm³/mol. The van der Waals surface area contributed by atoms with Crippen molar-refractivity contribution in [1.29, 1.82) is 0 Å². The quantitative estimate of drug-likeness (QED) is 0.894. The van der Waals surface area contributed by atoms with E-state index < -0.39 is 5.97 Å². The van der Waals surface area contributed by atoms with Crippen molar-refractivity contribution in [3.63, 3.8) is 0 Å². The van der Waals surface area contributed by atoms with Gasteiger partial charge < -0.3 is 15.3 Å². The Bertz CT molecular complexity index is 817. The molecule has 0 saturated heterocycles. The highest BCUT2D eigenvalue weighted by atomic mass is 19.1. The zero-order valence-corrected chi connectivity index (χ0v) is 12.0. The molecule has 2 aromatic rings. The van der Waals surface area contributed by atoms with Crippen molar-refractivity contribution in [3.05, 3.63) is 65.0 Å². The van der Waals surface area contributed by atoms with Crippen molar-refractivity contribution in [1.82, 2.24) is 5.43 Å². The van der Waals surface area contributed by atoms with Crippen LogP contribution in [0.2, 0.25) is 0 Å². The van der Waals surface area contributed by atoms with E-state index in [0.717, 1.165) is 16.8 Å². The van der Waals surface area contributed by atoms with Crippen molar-refractivity contribution in [2.75, 3.05) is 6.61 Å². The molecular weight excluding hydrogens is 299 g/mol. The molecule has 2 aliphatic rings. The second-order valence-corrected chi connectivity index (χ2v) is 5.59. The highest BCUT2D eigenvalue weighted by molar-refractivity contribution is 6.07. The zero-order valence-electron chi connectivity index (χ0n) is 12.0. The molecule has 2 atom stereocenters. The van der Waals surface area contributed by atoms with Crippen LogP contribution >= 0.6 is 0 Å². The maximum atomic E-state index is 13.1. The van der Waals surface area contributed by atoms with Crippen molar-refractivity contribution >= 4 is 11.7 Å². The van der Waals surface area contributed by atoms with Gasteiger partial charge in [-0.1, -0.05) is 12.1 Å². The van der Waals surface area contributed by atoms with Crippen LogP contribution in [0.5, 0.6) is 5.75 Å². The van der Waals surface area contributed by atoms with Crippen LogP contribution in [-0.4, -0.2) is 23.4 Å². The molecule has 0 fully saturated rings. The van der Waals surface area contributed by atoms with Gasteiger partial charge in [-0.3, -0.25) is 0 Å². The second kappa shape index (κ2) is 5.08. The van der Waals surface area contributed by atoms with Gasteiger partial charge in [-0.2, -0.15) is 5.10 Å². The molecule has 0 amide bonds. The third-order valence-electron chi connectivity index (χ3n) is 4.23. The summed E-state index contributed by atoms with van der Waals surface area (Å²) < 4.78 is 18.8. The lowest BCUT2D eigenvalue weighted by Crippen LogP contribution is -2.31. The van der Waals surface area contributed by atoms with Gasteiger partial charge in [0.05, 0.1) is 29.8 Å². The number of ether oxygens (including phenoxy) is 1. The molecule has 0 spiro atoms. The summed E-state index contributed by atoms with van der Waals surface area (Å²) in [7, 11) is 0. The molecule has 4 rings (SSSR count). The van der Waals surface area contributed by atoms with E-state index in [2.05, 4.69) is 10.5 Å². The second-order valence-electron chi connectivity index (χ2n) is 5.59. The van der Waals surface area contributed by atoms with Crippen LogP contribution in [0.1, 0.15) is 27.5 Å². The third kappa shape index (κ3) is 2.23. The van der Waals surface area contributed by atoms with Gasteiger partial charge in [0.2, 0.25) is 0 Å². The Morgan fingerprint density at radius 1 is 1.26 bits per heavy atom. The number of aromatic carboxylic acids is 1. The van der Waals surface area contributed by atoms with E-state index in [4.69, 9.17) is 9.84 Å². The number of benzene rings is 2. The number of carboxylic acids is 1. The van der Waals surface area contributed by atoms with E-state index in [0.29, 0.717) is 12.4 Å². The molecule has 2 N–H and O–H groups in total. The monoisotopic (exact) mass is 312 g/mol. The maximum Gasteiger partial charge on any atom is 0.335 e. The number of rotatable bonds is 2. The number of carbonyl (C=O) groups is 1. The summed E-state index contributed by atoms with van der Waals surface area (Å²) in [5, 5.41) is 13.5. The summed E-state index contributed by atoms with van der Waals surface area (Å²) >= 11 is 0. The normalized spacial score (nSPS) is 21.5. The number of fused-ring (bicyclic) bond motifs is 3. The highest BCUT2D eigenvalue weighted by Crippen LogP contribution is 2.37. The largest absolute Gasteiger partial charge is 0.492 e. The Balaban J connectivity index is 1.67. The van der Waals surface area contributed by atoms with Crippen LogP contribution in [0.4, 0.5) is 4.39 Å². The molecule has 0 aromatic heterocycles. The first-order valence-corrected chi connectivity index (χ1v) is 7.22. The van der Waals surface area contributed by atoms with Crippen LogP contribution in [0.15, 0.2) is 47.6 Å². The van der Waals surface area contributed by atoms with Crippen LogP contribution in [0, 0.1) is 11.7 Å². The fraction of sp³-hybridized carbons (Fsp3) is 0.176. The van der Waals surface area contributed by atoms with Gasteiger partial charge in [-0.25, -0.2) is 9.18 Å². The zero-order chi connectivity index (χ0) is 16.0. The number of hydrazone groups is 1. The van der Waals surface area contributed by atoms with E-state index in [9.17, 15) is 9.18 Å². The van der Waals surface area contributed by atoms with Gasteiger partial charge in [-0.05, 0) is 35.9 Å². The molecule has 116 valence electrons. The third-order valence-corrected chi connectivity index (χ3v) is 4.23.